The van der Waals surface area contributed by atoms with Gasteiger partial charge in [0, 0.05) is 18.6 Å². The molecule has 2 heterocycles. The fraction of sp³-hybridized carbons (Fsp3) is 0.318. The summed E-state index contributed by atoms with van der Waals surface area (Å²) in [5.41, 5.74) is 4.52. The molecule has 25 heavy (non-hydrogen) atoms. The van der Waals surface area contributed by atoms with E-state index in [9.17, 15) is 4.79 Å². The van der Waals surface area contributed by atoms with Crippen molar-refractivity contribution < 1.29 is 9.53 Å². The van der Waals surface area contributed by atoms with Crippen molar-refractivity contribution >= 4 is 11.5 Å². The highest BCUT2D eigenvalue weighted by atomic mass is 16.5. The van der Waals surface area contributed by atoms with E-state index in [0.717, 1.165) is 18.5 Å². The van der Waals surface area contributed by atoms with E-state index in [-0.39, 0.29) is 5.97 Å². The minimum atomic E-state index is -0.271. The molecule has 2 aliphatic heterocycles. The number of carbonyl (C=O) groups excluding carboxylic acids is 1. The molecule has 0 amide bonds. The molecule has 128 valence electrons. The topological polar surface area (TPSA) is 29.5 Å². The monoisotopic (exact) mass is 333 g/mol. The van der Waals surface area contributed by atoms with Crippen molar-refractivity contribution in [1.29, 1.82) is 0 Å². The summed E-state index contributed by atoms with van der Waals surface area (Å²) in [6.07, 6.45) is 5.92. The van der Waals surface area contributed by atoms with Crippen molar-refractivity contribution in [2.45, 2.75) is 37.9 Å². The van der Waals surface area contributed by atoms with E-state index in [1.165, 1.54) is 31.1 Å². The Morgan fingerprint density at radius 2 is 1.96 bits per heavy atom. The lowest BCUT2D eigenvalue weighted by molar-refractivity contribution is 0.0600. The number of ether oxygens (including phenoxy) is 1. The largest absolute Gasteiger partial charge is 0.465 e. The number of methoxy groups -OCH3 is 1. The van der Waals surface area contributed by atoms with Gasteiger partial charge in [0.15, 0.2) is 0 Å². The maximum absolute atomic E-state index is 11.8. The Morgan fingerprint density at radius 3 is 2.72 bits per heavy atom. The van der Waals surface area contributed by atoms with Crippen LogP contribution in [0.15, 0.2) is 60.7 Å². The third-order valence-electron chi connectivity index (χ3n) is 5.40. The average Bonchev–Trinajstić information content (AvgIpc) is 2.90. The zero-order valence-electron chi connectivity index (χ0n) is 14.5. The van der Waals surface area contributed by atoms with Gasteiger partial charge in [-0.1, -0.05) is 48.5 Å². The van der Waals surface area contributed by atoms with Crippen molar-refractivity contribution in [3.05, 3.63) is 77.4 Å². The molecule has 0 aromatic heterocycles. The first kappa shape index (κ1) is 16.1. The molecule has 2 aliphatic rings. The molecule has 0 radical (unpaired) electrons. The molecular formula is C22H23NO2. The number of carbonyl (C=O) groups is 1. The van der Waals surface area contributed by atoms with Crippen molar-refractivity contribution in [3.63, 3.8) is 0 Å². The second-order valence-electron chi connectivity index (χ2n) is 6.92. The molecule has 1 fully saturated rings. The maximum atomic E-state index is 11.8. The smallest absolute Gasteiger partial charge is 0.337 e. The summed E-state index contributed by atoms with van der Waals surface area (Å²) >= 11 is 0. The Morgan fingerprint density at radius 1 is 1.12 bits per heavy atom. The van der Waals surface area contributed by atoms with E-state index in [4.69, 9.17) is 4.74 Å². The van der Waals surface area contributed by atoms with Gasteiger partial charge in [0.25, 0.3) is 0 Å². The van der Waals surface area contributed by atoms with E-state index in [0.29, 0.717) is 17.6 Å². The van der Waals surface area contributed by atoms with E-state index in [1.807, 2.05) is 18.2 Å². The molecule has 3 nitrogen and oxygen atoms in total. The molecule has 0 spiro atoms. The summed E-state index contributed by atoms with van der Waals surface area (Å²) in [6.45, 7) is 1.02. The van der Waals surface area contributed by atoms with E-state index >= 15 is 0 Å². The first-order valence-corrected chi connectivity index (χ1v) is 8.94. The molecule has 2 atom stereocenters. The number of hydrogen-bond acceptors (Lipinski definition) is 3. The van der Waals surface area contributed by atoms with E-state index in [2.05, 4.69) is 47.4 Å². The van der Waals surface area contributed by atoms with Crippen LogP contribution in [0.1, 0.15) is 40.7 Å². The molecule has 0 saturated carbocycles. The lowest BCUT2D eigenvalue weighted by Gasteiger charge is -2.34. The van der Waals surface area contributed by atoms with Gasteiger partial charge < -0.3 is 4.74 Å². The number of fused-ring (bicyclic) bond motifs is 2. The van der Waals surface area contributed by atoms with Gasteiger partial charge in [0.1, 0.15) is 0 Å². The van der Waals surface area contributed by atoms with Crippen molar-refractivity contribution in [1.82, 2.24) is 4.90 Å². The number of hydrogen-bond donors (Lipinski definition) is 0. The lowest BCUT2D eigenvalue weighted by Crippen LogP contribution is -2.37. The standard InChI is InChI=1S/C22H23NO2/c1-25-22(24)18-9-5-8-17(12-18)19-13-20-10-11-21(14-19)23(20)15-16-6-3-2-4-7-16/h2-9,12-13,20-21H,10-11,14-15H2,1H3. The number of rotatable bonds is 4. The molecule has 3 heteroatoms. The first-order valence-electron chi connectivity index (χ1n) is 8.94. The number of esters is 1. The Kier molecular flexibility index (Phi) is 4.41. The van der Waals surface area contributed by atoms with Crippen LogP contribution in [-0.4, -0.2) is 30.1 Å². The number of nitrogens with zero attached hydrogens (tertiary/aromatic N) is 1. The van der Waals surface area contributed by atoms with Crippen LogP contribution in [0, 0.1) is 0 Å². The van der Waals surface area contributed by atoms with Gasteiger partial charge in [0.05, 0.1) is 12.7 Å². The van der Waals surface area contributed by atoms with Crippen LogP contribution in [0.4, 0.5) is 0 Å². The molecule has 4 rings (SSSR count). The van der Waals surface area contributed by atoms with E-state index in [1.54, 1.807) is 0 Å². The molecular weight excluding hydrogens is 310 g/mol. The highest BCUT2D eigenvalue weighted by molar-refractivity contribution is 5.90. The maximum Gasteiger partial charge on any atom is 0.337 e. The van der Waals surface area contributed by atoms with Crippen LogP contribution in [0.25, 0.3) is 5.57 Å². The van der Waals surface area contributed by atoms with Crippen LogP contribution in [0.2, 0.25) is 0 Å². The highest BCUT2D eigenvalue weighted by Crippen LogP contribution is 2.39. The molecule has 1 saturated heterocycles. The zero-order valence-corrected chi connectivity index (χ0v) is 14.5. The van der Waals surface area contributed by atoms with Crippen LogP contribution in [0.5, 0.6) is 0 Å². The van der Waals surface area contributed by atoms with Gasteiger partial charge in [-0.3, -0.25) is 4.90 Å². The Hall–Kier alpha value is -2.39. The fourth-order valence-corrected chi connectivity index (χ4v) is 4.14. The van der Waals surface area contributed by atoms with Gasteiger partial charge in [0.2, 0.25) is 0 Å². The summed E-state index contributed by atoms with van der Waals surface area (Å²) in [5, 5.41) is 0. The summed E-state index contributed by atoms with van der Waals surface area (Å²) in [5.74, 6) is -0.271. The van der Waals surface area contributed by atoms with Crippen LogP contribution >= 0.6 is 0 Å². The van der Waals surface area contributed by atoms with Gasteiger partial charge in [-0.05, 0) is 48.1 Å². The van der Waals surface area contributed by atoms with Gasteiger partial charge in [-0.15, -0.1) is 0 Å². The third kappa shape index (κ3) is 3.24. The second kappa shape index (κ2) is 6.85. The highest BCUT2D eigenvalue weighted by Gasteiger charge is 2.36. The minimum Gasteiger partial charge on any atom is -0.465 e. The molecule has 0 aliphatic carbocycles. The van der Waals surface area contributed by atoms with Crippen molar-refractivity contribution in [3.8, 4) is 0 Å². The first-order chi connectivity index (χ1) is 12.2. The molecule has 2 aromatic carbocycles. The molecule has 2 bridgehead atoms. The second-order valence-corrected chi connectivity index (χ2v) is 6.92. The van der Waals surface area contributed by atoms with Gasteiger partial charge in [-0.2, -0.15) is 0 Å². The zero-order chi connectivity index (χ0) is 17.2. The fourth-order valence-electron chi connectivity index (χ4n) is 4.14. The molecule has 2 unspecified atom stereocenters. The minimum absolute atomic E-state index is 0.271. The van der Waals surface area contributed by atoms with Crippen molar-refractivity contribution in [2.75, 3.05) is 7.11 Å². The third-order valence-corrected chi connectivity index (χ3v) is 5.40. The number of benzene rings is 2. The SMILES string of the molecule is COC(=O)c1cccc(C2=CC3CCC(C2)N3Cc2ccccc2)c1. The lowest BCUT2D eigenvalue weighted by atomic mass is 9.93. The van der Waals surface area contributed by atoms with Crippen LogP contribution in [0.3, 0.4) is 0 Å². The Bertz CT molecular complexity index is 797. The Balaban J connectivity index is 1.56. The normalized spacial score (nSPS) is 22.5. The van der Waals surface area contributed by atoms with Crippen LogP contribution < -0.4 is 0 Å². The van der Waals surface area contributed by atoms with Gasteiger partial charge >= 0.3 is 5.97 Å². The predicted octanol–water partition coefficient (Wildman–Crippen LogP) is 4.29. The Labute approximate surface area is 148 Å². The quantitative estimate of drug-likeness (QED) is 0.782. The summed E-state index contributed by atoms with van der Waals surface area (Å²) in [4.78, 5) is 14.4. The molecule has 2 aromatic rings. The summed E-state index contributed by atoms with van der Waals surface area (Å²) in [6, 6.07) is 19.6. The van der Waals surface area contributed by atoms with Gasteiger partial charge in [-0.25, -0.2) is 4.79 Å². The van der Waals surface area contributed by atoms with E-state index < -0.39 is 0 Å². The summed E-state index contributed by atoms with van der Waals surface area (Å²) in [7, 11) is 1.43. The predicted molar refractivity (Wildman–Crippen MR) is 99.2 cm³/mol. The van der Waals surface area contributed by atoms with Crippen LogP contribution in [-0.2, 0) is 11.3 Å². The average molecular weight is 333 g/mol. The summed E-state index contributed by atoms with van der Waals surface area (Å²) < 4.78 is 4.85. The van der Waals surface area contributed by atoms with Crippen molar-refractivity contribution in [2.24, 2.45) is 0 Å². The molecule has 0 N–H and O–H groups in total.